The summed E-state index contributed by atoms with van der Waals surface area (Å²) in [6.45, 7) is 1.44. The highest BCUT2D eigenvalue weighted by Gasteiger charge is 2.48. The highest BCUT2D eigenvalue weighted by atomic mass is 16.2. The number of nitrogens with zero attached hydrogens (tertiary/aromatic N) is 3. The fraction of sp³-hybridized carbons (Fsp3) is 0.600. The number of fused-ring (bicyclic) bond motifs is 1. The molecule has 1 aromatic rings. The Morgan fingerprint density at radius 3 is 2.59 bits per heavy atom. The van der Waals surface area contributed by atoms with Gasteiger partial charge in [0.2, 0.25) is 0 Å². The molecule has 1 aliphatic carbocycles. The minimum absolute atomic E-state index is 0.193. The first-order chi connectivity index (χ1) is 10.7. The van der Waals surface area contributed by atoms with Gasteiger partial charge in [-0.1, -0.05) is 0 Å². The average Bonchev–Trinajstić information content (AvgIpc) is 2.81. The molecule has 4 rings (SSSR count). The van der Waals surface area contributed by atoms with E-state index in [9.17, 15) is 9.59 Å². The van der Waals surface area contributed by atoms with Crippen LogP contribution in [0.4, 0.5) is 10.6 Å². The Hall–Kier alpha value is -2.18. The summed E-state index contributed by atoms with van der Waals surface area (Å²) in [6.07, 6.45) is 7.31. The quantitative estimate of drug-likeness (QED) is 0.739. The Morgan fingerprint density at radius 1 is 1.09 bits per heavy atom. The Balaban J connectivity index is 1.55. The van der Waals surface area contributed by atoms with Crippen LogP contribution in [0.5, 0.6) is 0 Å². The molecule has 1 spiro atoms. The summed E-state index contributed by atoms with van der Waals surface area (Å²) in [5.41, 5.74) is 1.72. The molecule has 3 heterocycles. The van der Waals surface area contributed by atoms with E-state index in [1.807, 2.05) is 0 Å². The summed E-state index contributed by atoms with van der Waals surface area (Å²) in [6, 6.07) is -0.377. The number of rotatable bonds is 1. The SMILES string of the molecule is O=C1NC(=O)C2(CCN(c3ncnc4c3CCCC4)CC2)N1. The lowest BCUT2D eigenvalue weighted by molar-refractivity contribution is -0.124. The topological polar surface area (TPSA) is 87.2 Å². The van der Waals surface area contributed by atoms with E-state index in [0.29, 0.717) is 12.8 Å². The molecule has 3 amide bonds. The highest BCUT2D eigenvalue weighted by Crippen LogP contribution is 2.32. The fourth-order valence-electron chi connectivity index (χ4n) is 3.76. The van der Waals surface area contributed by atoms with Crippen LogP contribution in [-0.2, 0) is 17.6 Å². The van der Waals surface area contributed by atoms with Crippen molar-refractivity contribution >= 4 is 17.8 Å². The second-order valence-electron chi connectivity index (χ2n) is 6.31. The molecule has 7 nitrogen and oxygen atoms in total. The van der Waals surface area contributed by atoms with Crippen molar-refractivity contribution in [2.24, 2.45) is 0 Å². The summed E-state index contributed by atoms with van der Waals surface area (Å²) < 4.78 is 0. The third kappa shape index (κ3) is 2.03. The molecule has 116 valence electrons. The first-order valence-corrected chi connectivity index (χ1v) is 7.89. The van der Waals surface area contributed by atoms with Gasteiger partial charge in [0.15, 0.2) is 0 Å². The molecule has 1 aromatic heterocycles. The number of amides is 3. The smallest absolute Gasteiger partial charge is 0.322 e. The van der Waals surface area contributed by atoms with E-state index >= 15 is 0 Å². The Bertz CT molecular complexity index is 637. The predicted molar refractivity (Wildman–Crippen MR) is 79.5 cm³/mol. The van der Waals surface area contributed by atoms with Crippen molar-refractivity contribution in [3.63, 3.8) is 0 Å². The maximum atomic E-state index is 12.0. The molecular weight excluding hydrogens is 282 g/mol. The van der Waals surface area contributed by atoms with Gasteiger partial charge in [0.1, 0.15) is 17.7 Å². The number of aromatic nitrogens is 2. The fourth-order valence-corrected chi connectivity index (χ4v) is 3.76. The molecule has 0 saturated carbocycles. The third-order valence-corrected chi connectivity index (χ3v) is 5.03. The molecule has 0 unspecified atom stereocenters. The molecule has 0 radical (unpaired) electrons. The number of carbonyl (C=O) groups excluding carboxylic acids is 2. The van der Waals surface area contributed by atoms with Gasteiger partial charge in [0, 0.05) is 24.3 Å². The van der Waals surface area contributed by atoms with Gasteiger partial charge in [-0.05, 0) is 38.5 Å². The largest absolute Gasteiger partial charge is 0.356 e. The van der Waals surface area contributed by atoms with E-state index in [1.54, 1.807) is 6.33 Å². The molecule has 3 aliphatic rings. The van der Waals surface area contributed by atoms with Gasteiger partial charge in [-0.15, -0.1) is 0 Å². The third-order valence-electron chi connectivity index (χ3n) is 5.03. The van der Waals surface area contributed by atoms with Crippen molar-refractivity contribution in [3.8, 4) is 0 Å². The number of urea groups is 1. The van der Waals surface area contributed by atoms with Crippen molar-refractivity contribution in [2.45, 2.75) is 44.1 Å². The lowest BCUT2D eigenvalue weighted by Crippen LogP contribution is -2.55. The number of aryl methyl sites for hydroxylation is 1. The van der Waals surface area contributed by atoms with E-state index in [0.717, 1.165) is 31.7 Å². The van der Waals surface area contributed by atoms with E-state index in [4.69, 9.17) is 0 Å². The maximum Gasteiger partial charge on any atom is 0.322 e. The number of imide groups is 1. The number of anilines is 1. The van der Waals surface area contributed by atoms with Gasteiger partial charge >= 0.3 is 6.03 Å². The number of hydrogen-bond acceptors (Lipinski definition) is 5. The summed E-state index contributed by atoms with van der Waals surface area (Å²) in [5.74, 6) is 0.825. The van der Waals surface area contributed by atoms with Gasteiger partial charge in [0.05, 0.1) is 0 Å². The van der Waals surface area contributed by atoms with Crippen LogP contribution in [0.15, 0.2) is 6.33 Å². The van der Waals surface area contributed by atoms with Crippen LogP contribution >= 0.6 is 0 Å². The molecule has 0 bridgehead atoms. The Morgan fingerprint density at radius 2 is 1.86 bits per heavy atom. The first kappa shape index (κ1) is 13.5. The lowest BCUT2D eigenvalue weighted by atomic mass is 9.87. The van der Waals surface area contributed by atoms with Gasteiger partial charge < -0.3 is 10.2 Å². The van der Waals surface area contributed by atoms with E-state index in [2.05, 4.69) is 25.5 Å². The average molecular weight is 301 g/mol. The van der Waals surface area contributed by atoms with Crippen molar-refractivity contribution in [1.29, 1.82) is 0 Å². The normalized spacial score (nSPS) is 23.2. The number of piperidine rings is 1. The molecule has 22 heavy (non-hydrogen) atoms. The summed E-state index contributed by atoms with van der Waals surface area (Å²) in [4.78, 5) is 34.5. The highest BCUT2D eigenvalue weighted by molar-refractivity contribution is 6.07. The summed E-state index contributed by atoms with van der Waals surface area (Å²) in [5, 5.41) is 5.14. The van der Waals surface area contributed by atoms with Crippen molar-refractivity contribution < 1.29 is 9.59 Å². The molecule has 2 saturated heterocycles. The molecule has 2 fully saturated rings. The minimum Gasteiger partial charge on any atom is -0.356 e. The summed E-state index contributed by atoms with van der Waals surface area (Å²) >= 11 is 0. The van der Waals surface area contributed by atoms with Crippen LogP contribution in [-0.4, -0.2) is 40.5 Å². The molecule has 7 heteroatoms. The van der Waals surface area contributed by atoms with Crippen molar-refractivity contribution in [1.82, 2.24) is 20.6 Å². The van der Waals surface area contributed by atoms with Gasteiger partial charge in [-0.2, -0.15) is 0 Å². The van der Waals surface area contributed by atoms with Crippen LogP contribution in [0.25, 0.3) is 0 Å². The zero-order valence-corrected chi connectivity index (χ0v) is 12.4. The molecule has 2 aliphatic heterocycles. The summed E-state index contributed by atoms with van der Waals surface area (Å²) in [7, 11) is 0. The Kier molecular flexibility index (Phi) is 3.02. The molecule has 0 aromatic carbocycles. The molecular formula is C15H19N5O2. The van der Waals surface area contributed by atoms with Crippen molar-refractivity contribution in [2.75, 3.05) is 18.0 Å². The monoisotopic (exact) mass is 301 g/mol. The first-order valence-electron chi connectivity index (χ1n) is 7.89. The van der Waals surface area contributed by atoms with Crippen LogP contribution in [0.3, 0.4) is 0 Å². The second-order valence-corrected chi connectivity index (χ2v) is 6.31. The van der Waals surface area contributed by atoms with E-state index in [1.165, 1.54) is 24.1 Å². The van der Waals surface area contributed by atoms with Gasteiger partial charge in [0.25, 0.3) is 5.91 Å². The van der Waals surface area contributed by atoms with Gasteiger partial charge in [-0.3, -0.25) is 10.1 Å². The number of carbonyl (C=O) groups is 2. The van der Waals surface area contributed by atoms with Crippen LogP contribution in [0.2, 0.25) is 0 Å². The second kappa shape index (κ2) is 4.93. The van der Waals surface area contributed by atoms with Gasteiger partial charge in [-0.25, -0.2) is 14.8 Å². The zero-order valence-electron chi connectivity index (χ0n) is 12.4. The van der Waals surface area contributed by atoms with E-state index < -0.39 is 5.54 Å². The van der Waals surface area contributed by atoms with Crippen LogP contribution in [0, 0.1) is 0 Å². The predicted octanol–water partition coefficient (Wildman–Crippen LogP) is 0.534. The van der Waals surface area contributed by atoms with Crippen molar-refractivity contribution in [3.05, 3.63) is 17.6 Å². The maximum absolute atomic E-state index is 12.0. The zero-order chi connectivity index (χ0) is 15.2. The Labute approximate surface area is 128 Å². The van der Waals surface area contributed by atoms with Crippen LogP contribution in [0.1, 0.15) is 36.9 Å². The minimum atomic E-state index is -0.722. The van der Waals surface area contributed by atoms with Crippen LogP contribution < -0.4 is 15.5 Å². The lowest BCUT2D eigenvalue weighted by Gasteiger charge is -2.38. The molecule has 0 atom stereocenters. The van der Waals surface area contributed by atoms with E-state index in [-0.39, 0.29) is 11.9 Å². The number of nitrogens with one attached hydrogen (secondary N) is 2. The standard InChI is InChI=1S/C15H19N5O2/c21-13-15(19-14(22)18-13)5-7-20(8-6-15)12-10-3-1-2-4-11(10)16-9-17-12/h9H,1-8H2,(H2,18,19,21,22). The molecule has 2 N–H and O–H groups in total. The number of hydrogen-bond donors (Lipinski definition) is 2.